The molecule has 2 N–H and O–H groups in total. The second-order valence-electron chi connectivity index (χ2n) is 8.26. The van der Waals surface area contributed by atoms with E-state index in [0.717, 1.165) is 72.8 Å². The van der Waals surface area contributed by atoms with Crippen molar-refractivity contribution in [3.05, 3.63) is 45.7 Å². The number of hydroxylamine groups is 2. The van der Waals surface area contributed by atoms with Crippen LogP contribution in [0.15, 0.2) is 18.2 Å². The number of nitrogens with one attached hydrogen (secondary N) is 2. The maximum absolute atomic E-state index is 13.5. The molecule has 2 aromatic carbocycles. The molecule has 1 amide bonds. The number of H-pyrrole nitrogens is 1. The molecule has 1 saturated heterocycles. The van der Waals surface area contributed by atoms with Crippen LogP contribution in [0.25, 0.3) is 21.8 Å². The quantitative estimate of drug-likeness (QED) is 0.650. The largest absolute Gasteiger partial charge is 0.755 e. The summed E-state index contributed by atoms with van der Waals surface area (Å²) in [7, 11) is 1.64. The third-order valence-corrected chi connectivity index (χ3v) is 6.58. The number of hydrogen-bond acceptors (Lipinski definition) is 5. The smallest absolute Gasteiger partial charge is 0.245 e. The average molecular weight is 407 g/mol. The van der Waals surface area contributed by atoms with E-state index >= 15 is 0 Å². The molecule has 0 atom stereocenters. The molecule has 1 aliphatic heterocycles. The molecule has 1 fully saturated rings. The van der Waals surface area contributed by atoms with Gasteiger partial charge >= 0.3 is 0 Å². The van der Waals surface area contributed by atoms with Gasteiger partial charge in [0.15, 0.2) is 0 Å². The standard InChI is InChI=1S/C23H27N4O3/c1-14-15-5-3-6-16(15)22-21(20-17(25-22)7-4-8-18(20)30-2)19(14)23(28)27(29)13-26-11-9-24-10-12-26/h4,7-8,24-25H,3,5-6,9-13H2,1-2H3/q-1. The first-order chi connectivity index (χ1) is 14.6. The first-order valence-corrected chi connectivity index (χ1v) is 10.6. The second kappa shape index (κ2) is 7.58. The van der Waals surface area contributed by atoms with Crippen molar-refractivity contribution < 1.29 is 9.53 Å². The normalized spacial score (nSPS) is 16.9. The minimum atomic E-state index is -0.461. The SMILES string of the molecule is COc1cccc2[nH]c3c4c(c(C)c(C(=O)N([O-])CN5CCNCC5)c3c12)CCC4. The van der Waals surface area contributed by atoms with Crippen molar-refractivity contribution in [2.24, 2.45) is 0 Å². The van der Waals surface area contributed by atoms with Gasteiger partial charge in [0.1, 0.15) is 5.75 Å². The van der Waals surface area contributed by atoms with E-state index < -0.39 is 5.91 Å². The number of aromatic amines is 1. The Balaban J connectivity index is 1.69. The Morgan fingerprint density at radius 3 is 2.73 bits per heavy atom. The molecule has 0 radical (unpaired) electrons. The highest BCUT2D eigenvalue weighted by molar-refractivity contribution is 6.21. The molecular formula is C23H27N4O3-. The van der Waals surface area contributed by atoms with E-state index in [1.807, 2.05) is 30.0 Å². The van der Waals surface area contributed by atoms with E-state index in [1.165, 1.54) is 11.1 Å². The topological polar surface area (TPSA) is 83.7 Å². The number of aryl methyl sites for hydroxylation is 1. The zero-order valence-electron chi connectivity index (χ0n) is 17.5. The summed E-state index contributed by atoms with van der Waals surface area (Å²) in [5, 5.41) is 18.6. The molecule has 2 aliphatic rings. The summed E-state index contributed by atoms with van der Waals surface area (Å²) in [5.41, 5.74) is 5.85. The highest BCUT2D eigenvalue weighted by Crippen LogP contribution is 2.42. The summed E-state index contributed by atoms with van der Waals surface area (Å²) < 4.78 is 5.63. The fourth-order valence-corrected chi connectivity index (χ4v) is 5.12. The van der Waals surface area contributed by atoms with Gasteiger partial charge in [-0.25, -0.2) is 0 Å². The highest BCUT2D eigenvalue weighted by atomic mass is 16.5. The zero-order chi connectivity index (χ0) is 20.8. The molecule has 2 heterocycles. The minimum Gasteiger partial charge on any atom is -0.755 e. The van der Waals surface area contributed by atoms with Gasteiger partial charge in [-0.3, -0.25) is 9.69 Å². The molecule has 30 heavy (non-hydrogen) atoms. The van der Waals surface area contributed by atoms with Crippen LogP contribution >= 0.6 is 0 Å². The molecule has 1 aromatic heterocycles. The predicted octanol–water partition coefficient (Wildman–Crippen LogP) is 2.93. The average Bonchev–Trinajstić information content (AvgIpc) is 3.39. The van der Waals surface area contributed by atoms with Crippen molar-refractivity contribution in [3.63, 3.8) is 0 Å². The van der Waals surface area contributed by atoms with Gasteiger partial charge in [0.05, 0.1) is 35.8 Å². The van der Waals surface area contributed by atoms with E-state index in [9.17, 15) is 10.0 Å². The summed E-state index contributed by atoms with van der Waals surface area (Å²) in [5.74, 6) is 0.252. The van der Waals surface area contributed by atoms with Crippen LogP contribution in [0.1, 0.15) is 33.5 Å². The molecule has 0 bridgehead atoms. The number of nitrogens with zero attached hydrogens (tertiary/aromatic N) is 2. The number of aromatic nitrogens is 1. The number of hydrogen-bond donors (Lipinski definition) is 2. The maximum Gasteiger partial charge on any atom is 0.245 e. The van der Waals surface area contributed by atoms with Crippen LogP contribution in [0.3, 0.4) is 0 Å². The van der Waals surface area contributed by atoms with Gasteiger partial charge in [0.25, 0.3) is 0 Å². The zero-order valence-corrected chi connectivity index (χ0v) is 17.5. The number of carbonyl (C=O) groups is 1. The number of fused-ring (bicyclic) bond motifs is 5. The van der Waals surface area contributed by atoms with Crippen LogP contribution < -0.4 is 10.1 Å². The lowest BCUT2D eigenvalue weighted by atomic mass is 9.92. The predicted molar refractivity (Wildman–Crippen MR) is 118 cm³/mol. The molecule has 0 saturated carbocycles. The first kappa shape index (κ1) is 19.4. The number of piperazine rings is 1. The first-order valence-electron chi connectivity index (χ1n) is 10.6. The van der Waals surface area contributed by atoms with E-state index in [1.54, 1.807) is 7.11 Å². The van der Waals surface area contributed by atoms with Crippen molar-refractivity contribution >= 4 is 27.7 Å². The third kappa shape index (κ3) is 2.96. The van der Waals surface area contributed by atoms with Gasteiger partial charge < -0.3 is 25.3 Å². The van der Waals surface area contributed by atoms with Crippen molar-refractivity contribution in [3.8, 4) is 5.75 Å². The number of ether oxygens (including phenoxy) is 1. The van der Waals surface area contributed by atoms with Gasteiger partial charge in [0, 0.05) is 31.6 Å². The summed E-state index contributed by atoms with van der Waals surface area (Å²) in [4.78, 5) is 19.1. The van der Waals surface area contributed by atoms with Crippen LogP contribution in [-0.2, 0) is 12.8 Å². The van der Waals surface area contributed by atoms with Crippen molar-refractivity contribution in [1.82, 2.24) is 20.3 Å². The molecule has 3 aromatic rings. The van der Waals surface area contributed by atoms with Crippen LogP contribution in [0.5, 0.6) is 5.75 Å². The summed E-state index contributed by atoms with van der Waals surface area (Å²) >= 11 is 0. The summed E-state index contributed by atoms with van der Waals surface area (Å²) in [6, 6.07) is 5.84. The Bertz CT molecular complexity index is 1130. The third-order valence-electron chi connectivity index (χ3n) is 6.58. The van der Waals surface area contributed by atoms with E-state index in [-0.39, 0.29) is 6.67 Å². The lowest BCUT2D eigenvalue weighted by Gasteiger charge is -2.37. The number of amides is 1. The molecular weight excluding hydrogens is 380 g/mol. The monoisotopic (exact) mass is 407 g/mol. The van der Waals surface area contributed by atoms with E-state index in [2.05, 4.69) is 10.3 Å². The molecule has 0 unspecified atom stereocenters. The van der Waals surface area contributed by atoms with Gasteiger partial charge in [-0.1, -0.05) is 6.07 Å². The molecule has 5 rings (SSSR count). The number of carbonyl (C=O) groups excluding carboxylic acids is 1. The highest BCUT2D eigenvalue weighted by Gasteiger charge is 2.28. The van der Waals surface area contributed by atoms with Crippen LogP contribution in [0.2, 0.25) is 0 Å². The van der Waals surface area contributed by atoms with Gasteiger partial charge in [-0.05, 0) is 55.0 Å². The van der Waals surface area contributed by atoms with Crippen LogP contribution in [0, 0.1) is 12.1 Å². The number of benzene rings is 2. The Labute approximate surface area is 175 Å². The molecule has 1 aliphatic carbocycles. The van der Waals surface area contributed by atoms with E-state index in [4.69, 9.17) is 4.74 Å². The molecule has 158 valence electrons. The Hall–Kier alpha value is -2.61. The van der Waals surface area contributed by atoms with Gasteiger partial charge in [-0.15, -0.1) is 0 Å². The van der Waals surface area contributed by atoms with E-state index in [0.29, 0.717) is 16.4 Å². The van der Waals surface area contributed by atoms with Gasteiger partial charge in [0.2, 0.25) is 5.91 Å². The van der Waals surface area contributed by atoms with Crippen molar-refractivity contribution in [1.29, 1.82) is 0 Å². The Kier molecular flexibility index (Phi) is 4.89. The van der Waals surface area contributed by atoms with Gasteiger partial charge in [-0.2, -0.15) is 0 Å². The fraction of sp³-hybridized carbons (Fsp3) is 0.435. The minimum absolute atomic E-state index is 0.0953. The summed E-state index contributed by atoms with van der Waals surface area (Å²) in [6.07, 6.45) is 3.00. The maximum atomic E-state index is 13.5. The van der Waals surface area contributed by atoms with Crippen molar-refractivity contribution in [2.45, 2.75) is 26.2 Å². The molecule has 0 spiro atoms. The van der Waals surface area contributed by atoms with Crippen LogP contribution in [-0.4, -0.2) is 60.8 Å². The fourth-order valence-electron chi connectivity index (χ4n) is 5.12. The lowest BCUT2D eigenvalue weighted by molar-refractivity contribution is 0.0714. The summed E-state index contributed by atoms with van der Waals surface area (Å²) in [6.45, 7) is 5.30. The van der Waals surface area contributed by atoms with Crippen LogP contribution in [0.4, 0.5) is 0 Å². The number of rotatable bonds is 4. The lowest BCUT2D eigenvalue weighted by Crippen LogP contribution is -2.48. The Morgan fingerprint density at radius 1 is 1.20 bits per heavy atom. The Morgan fingerprint density at radius 2 is 1.97 bits per heavy atom. The number of methoxy groups -OCH3 is 1. The molecule has 7 nitrogen and oxygen atoms in total. The van der Waals surface area contributed by atoms with Crippen molar-refractivity contribution in [2.75, 3.05) is 40.0 Å². The molecule has 7 heteroatoms. The second-order valence-corrected chi connectivity index (χ2v) is 8.26.